The Kier molecular flexibility index (Phi) is 7.64. The van der Waals surface area contributed by atoms with Gasteiger partial charge in [0.25, 0.3) is 0 Å². The van der Waals surface area contributed by atoms with E-state index >= 15 is 0 Å². The SMILES string of the molecule is CC(C)OC(=O)C(C)N[P@@H](=O)Oc1c(F)c(F)c(F)c(F)c1Oc1ccccc1. The van der Waals surface area contributed by atoms with Crippen LogP contribution in [0.2, 0.25) is 0 Å². The van der Waals surface area contributed by atoms with Crippen LogP contribution in [0.4, 0.5) is 17.6 Å². The second kappa shape index (κ2) is 9.76. The summed E-state index contributed by atoms with van der Waals surface area (Å²) in [5.41, 5.74) is 0. The third-order valence-electron chi connectivity index (χ3n) is 3.38. The summed E-state index contributed by atoms with van der Waals surface area (Å²) in [6, 6.07) is 6.14. The number of carbonyl (C=O) groups is 1. The number of benzene rings is 2. The molecule has 0 radical (unpaired) electrons. The largest absolute Gasteiger partial charge is 0.462 e. The van der Waals surface area contributed by atoms with Gasteiger partial charge in [0, 0.05) is 0 Å². The number of esters is 1. The quantitative estimate of drug-likeness (QED) is 0.212. The van der Waals surface area contributed by atoms with Gasteiger partial charge in [-0.25, -0.2) is 13.9 Å². The van der Waals surface area contributed by atoms with Crippen LogP contribution >= 0.6 is 8.18 Å². The van der Waals surface area contributed by atoms with E-state index < -0.39 is 61.1 Å². The zero-order valence-electron chi connectivity index (χ0n) is 15.6. The van der Waals surface area contributed by atoms with E-state index in [4.69, 9.17) is 14.0 Å². The molecule has 0 saturated carbocycles. The van der Waals surface area contributed by atoms with E-state index in [0.717, 1.165) is 0 Å². The van der Waals surface area contributed by atoms with Crippen LogP contribution in [-0.4, -0.2) is 18.1 Å². The van der Waals surface area contributed by atoms with Crippen molar-refractivity contribution in [3.63, 3.8) is 0 Å². The molecule has 1 unspecified atom stereocenters. The second-order valence-electron chi connectivity index (χ2n) is 6.07. The highest BCUT2D eigenvalue weighted by atomic mass is 31.1. The lowest BCUT2D eigenvalue weighted by molar-refractivity contribution is -0.148. The van der Waals surface area contributed by atoms with Gasteiger partial charge in [0.1, 0.15) is 11.8 Å². The predicted molar refractivity (Wildman–Crippen MR) is 96.2 cm³/mol. The van der Waals surface area contributed by atoms with Gasteiger partial charge in [-0.2, -0.15) is 8.78 Å². The molecule has 6 nitrogen and oxygen atoms in total. The van der Waals surface area contributed by atoms with Gasteiger partial charge in [0.05, 0.1) is 6.10 Å². The lowest BCUT2D eigenvalue weighted by atomic mass is 10.2. The van der Waals surface area contributed by atoms with Gasteiger partial charge >= 0.3 is 14.1 Å². The maximum absolute atomic E-state index is 14.2. The van der Waals surface area contributed by atoms with Crippen LogP contribution in [0.5, 0.6) is 17.2 Å². The summed E-state index contributed by atoms with van der Waals surface area (Å²) in [5.74, 6) is -11.3. The van der Waals surface area contributed by atoms with Gasteiger partial charge in [0.15, 0.2) is 0 Å². The van der Waals surface area contributed by atoms with Gasteiger partial charge in [-0.1, -0.05) is 18.2 Å². The molecule has 0 aliphatic heterocycles. The van der Waals surface area contributed by atoms with Crippen LogP contribution in [0.15, 0.2) is 30.3 Å². The Balaban J connectivity index is 2.31. The van der Waals surface area contributed by atoms with Crippen molar-refractivity contribution in [3.05, 3.63) is 53.6 Å². The molecule has 0 aliphatic rings. The van der Waals surface area contributed by atoms with Crippen molar-refractivity contribution < 1.29 is 40.9 Å². The Labute approximate surface area is 164 Å². The number of para-hydroxylation sites is 1. The first-order valence-electron chi connectivity index (χ1n) is 8.39. The van der Waals surface area contributed by atoms with Crippen molar-refractivity contribution in [2.75, 3.05) is 0 Å². The third kappa shape index (κ3) is 5.71. The molecule has 2 rings (SSSR count). The minimum Gasteiger partial charge on any atom is -0.462 e. The minimum absolute atomic E-state index is 0.0387. The highest BCUT2D eigenvalue weighted by Gasteiger charge is 2.30. The standard InChI is InChI=1S/C18H18F4NO5P/c1-9(2)26-18(24)10(3)23-29(25)28-17-15(22)13(20)12(19)14(21)16(17)27-11-7-5-4-6-8-11/h4-10,29H,1-3H3,(H,23,25). The normalized spacial score (nSPS) is 13.1. The van der Waals surface area contributed by atoms with Gasteiger partial charge in [-0.15, -0.1) is 0 Å². The number of carbonyl (C=O) groups excluding carboxylic acids is 1. The van der Waals surface area contributed by atoms with E-state index in [1.54, 1.807) is 19.9 Å². The topological polar surface area (TPSA) is 73.9 Å². The lowest BCUT2D eigenvalue weighted by Crippen LogP contribution is -2.33. The maximum Gasteiger partial charge on any atom is 0.323 e. The fourth-order valence-electron chi connectivity index (χ4n) is 2.07. The summed E-state index contributed by atoms with van der Waals surface area (Å²) < 4.78 is 82.6. The number of hydrogen-bond acceptors (Lipinski definition) is 5. The molecule has 0 aliphatic carbocycles. The molecule has 2 aromatic rings. The molecule has 0 saturated heterocycles. The fourth-order valence-corrected chi connectivity index (χ4v) is 2.97. The highest BCUT2D eigenvalue weighted by molar-refractivity contribution is 7.37. The molecule has 11 heteroatoms. The van der Waals surface area contributed by atoms with Crippen LogP contribution in [0, 0.1) is 23.3 Å². The van der Waals surface area contributed by atoms with Gasteiger partial charge in [0.2, 0.25) is 34.8 Å². The van der Waals surface area contributed by atoms with E-state index in [1.165, 1.54) is 31.2 Å². The highest BCUT2D eigenvalue weighted by Crippen LogP contribution is 2.42. The van der Waals surface area contributed by atoms with E-state index in [9.17, 15) is 26.9 Å². The smallest absolute Gasteiger partial charge is 0.323 e. The summed E-state index contributed by atoms with van der Waals surface area (Å²) in [5, 5.41) is 2.19. The number of ether oxygens (including phenoxy) is 2. The Hall–Kier alpha value is -2.58. The van der Waals surface area contributed by atoms with Gasteiger partial charge in [-0.05, 0) is 32.9 Å². The van der Waals surface area contributed by atoms with Crippen molar-refractivity contribution >= 4 is 14.1 Å². The Morgan fingerprint density at radius 1 is 0.931 bits per heavy atom. The number of hydrogen-bond donors (Lipinski definition) is 1. The molecule has 0 heterocycles. The molecule has 1 N–H and O–H groups in total. The first-order valence-corrected chi connectivity index (χ1v) is 9.71. The maximum atomic E-state index is 14.2. The van der Waals surface area contributed by atoms with E-state index in [2.05, 4.69) is 5.09 Å². The summed E-state index contributed by atoms with van der Waals surface area (Å²) >= 11 is 0. The molecule has 0 fully saturated rings. The van der Waals surface area contributed by atoms with Crippen LogP contribution in [-0.2, 0) is 14.1 Å². The van der Waals surface area contributed by atoms with E-state index in [1.807, 2.05) is 0 Å². The average molecular weight is 435 g/mol. The predicted octanol–water partition coefficient (Wildman–Crippen LogP) is 4.73. The van der Waals surface area contributed by atoms with E-state index in [-0.39, 0.29) is 5.75 Å². The Bertz CT molecular complexity index is 911. The monoisotopic (exact) mass is 435 g/mol. The number of nitrogens with one attached hydrogen (secondary N) is 1. The van der Waals surface area contributed by atoms with Crippen molar-refractivity contribution in [1.29, 1.82) is 0 Å². The lowest BCUT2D eigenvalue weighted by Gasteiger charge is -2.17. The molecular formula is C18H18F4NO5P. The summed E-state index contributed by atoms with van der Waals surface area (Å²) in [4.78, 5) is 11.7. The fraction of sp³-hybridized carbons (Fsp3) is 0.278. The third-order valence-corrected chi connectivity index (χ3v) is 4.44. The van der Waals surface area contributed by atoms with Crippen LogP contribution < -0.4 is 14.3 Å². The molecule has 2 atom stereocenters. The molecule has 0 spiro atoms. The molecule has 158 valence electrons. The Morgan fingerprint density at radius 3 is 2.03 bits per heavy atom. The Morgan fingerprint density at radius 2 is 1.48 bits per heavy atom. The molecule has 0 bridgehead atoms. The van der Waals surface area contributed by atoms with Crippen molar-refractivity contribution in [3.8, 4) is 17.2 Å². The van der Waals surface area contributed by atoms with Gasteiger partial charge < -0.3 is 14.0 Å². The van der Waals surface area contributed by atoms with Crippen LogP contribution in [0.3, 0.4) is 0 Å². The zero-order valence-corrected chi connectivity index (χ0v) is 16.6. The number of halogens is 4. The van der Waals surface area contributed by atoms with Crippen LogP contribution in [0.25, 0.3) is 0 Å². The summed E-state index contributed by atoms with van der Waals surface area (Å²) in [6.45, 7) is 4.48. The van der Waals surface area contributed by atoms with Crippen molar-refractivity contribution in [1.82, 2.24) is 5.09 Å². The van der Waals surface area contributed by atoms with Gasteiger partial charge in [-0.3, -0.25) is 9.36 Å². The molecule has 29 heavy (non-hydrogen) atoms. The molecule has 2 aromatic carbocycles. The first kappa shape index (κ1) is 22.7. The summed E-state index contributed by atoms with van der Waals surface area (Å²) in [6.07, 6.45) is -0.446. The van der Waals surface area contributed by atoms with Crippen LogP contribution in [0.1, 0.15) is 20.8 Å². The summed E-state index contributed by atoms with van der Waals surface area (Å²) in [7, 11) is -3.48. The first-order chi connectivity index (χ1) is 13.6. The number of rotatable bonds is 8. The van der Waals surface area contributed by atoms with E-state index in [0.29, 0.717) is 0 Å². The molecule has 0 aromatic heterocycles. The van der Waals surface area contributed by atoms with Crippen molar-refractivity contribution in [2.24, 2.45) is 0 Å². The molecular weight excluding hydrogens is 417 g/mol. The zero-order chi connectivity index (χ0) is 21.7. The second-order valence-corrected chi connectivity index (χ2v) is 7.14. The minimum atomic E-state index is -3.48. The molecule has 0 amide bonds. The average Bonchev–Trinajstić information content (AvgIpc) is 2.67. The van der Waals surface area contributed by atoms with Crippen molar-refractivity contribution in [2.45, 2.75) is 32.9 Å².